The molecule has 0 atom stereocenters. The highest BCUT2D eigenvalue weighted by Gasteiger charge is 2.41. The molecule has 1 aliphatic heterocycles. The standard InChI is InChI=1S/C23H19Cl2N3O4S/c1-23(2,3)13-4-6-16(7-5-13)33(31,32)27-18-9-8-17(25)19-20(18)22(30)28(21(19)29)15-10-14(24)11-26-12-15/h4-12,27H,1-3H3. The van der Waals surface area contributed by atoms with Crippen molar-refractivity contribution in [2.45, 2.75) is 31.1 Å². The maximum Gasteiger partial charge on any atom is 0.268 e. The molecule has 7 nitrogen and oxygen atoms in total. The predicted octanol–water partition coefficient (Wildman–Crippen LogP) is 5.29. The maximum atomic E-state index is 13.2. The van der Waals surface area contributed by atoms with Crippen molar-refractivity contribution in [2.75, 3.05) is 9.62 Å². The number of nitrogens with one attached hydrogen (secondary N) is 1. The van der Waals surface area contributed by atoms with Crippen molar-refractivity contribution in [2.24, 2.45) is 0 Å². The Kier molecular flexibility index (Phi) is 5.72. The lowest BCUT2D eigenvalue weighted by atomic mass is 9.87. The first kappa shape index (κ1) is 23.2. The largest absolute Gasteiger partial charge is 0.279 e. The molecule has 1 aromatic heterocycles. The third-order valence-electron chi connectivity index (χ3n) is 5.21. The quantitative estimate of drug-likeness (QED) is 0.488. The second-order valence-corrected chi connectivity index (χ2v) is 11.1. The molecule has 0 bridgehead atoms. The molecule has 1 aliphatic rings. The van der Waals surface area contributed by atoms with Gasteiger partial charge < -0.3 is 0 Å². The lowest BCUT2D eigenvalue weighted by molar-refractivity contribution is 0.0926. The van der Waals surface area contributed by atoms with E-state index in [4.69, 9.17) is 23.2 Å². The summed E-state index contributed by atoms with van der Waals surface area (Å²) >= 11 is 12.2. The third kappa shape index (κ3) is 4.21. The molecular weight excluding hydrogens is 485 g/mol. The number of imide groups is 1. The molecule has 0 aliphatic carbocycles. The minimum atomic E-state index is -4.05. The summed E-state index contributed by atoms with van der Waals surface area (Å²) in [6, 6.07) is 10.6. The first-order valence-corrected chi connectivity index (χ1v) is 12.1. The van der Waals surface area contributed by atoms with Crippen molar-refractivity contribution >= 4 is 56.4 Å². The van der Waals surface area contributed by atoms with Crippen LogP contribution in [-0.4, -0.2) is 25.2 Å². The molecule has 33 heavy (non-hydrogen) atoms. The van der Waals surface area contributed by atoms with E-state index in [1.165, 1.54) is 42.7 Å². The van der Waals surface area contributed by atoms with Crippen LogP contribution in [0.25, 0.3) is 0 Å². The second-order valence-electron chi connectivity index (χ2n) is 8.53. The lowest BCUT2D eigenvalue weighted by Gasteiger charge is -2.19. The normalized spacial score (nSPS) is 13.9. The zero-order chi connectivity index (χ0) is 24.1. The van der Waals surface area contributed by atoms with Crippen molar-refractivity contribution in [3.8, 4) is 0 Å². The third-order valence-corrected chi connectivity index (χ3v) is 7.12. The van der Waals surface area contributed by atoms with Crippen LogP contribution in [0.1, 0.15) is 47.1 Å². The van der Waals surface area contributed by atoms with Crippen molar-refractivity contribution in [1.82, 2.24) is 4.98 Å². The Morgan fingerprint density at radius 1 is 0.909 bits per heavy atom. The molecule has 2 heterocycles. The number of benzene rings is 2. The van der Waals surface area contributed by atoms with Gasteiger partial charge in [-0.3, -0.25) is 19.3 Å². The smallest absolute Gasteiger partial charge is 0.268 e. The van der Waals surface area contributed by atoms with E-state index < -0.39 is 21.8 Å². The van der Waals surface area contributed by atoms with Gasteiger partial charge >= 0.3 is 0 Å². The Labute approximate surface area is 201 Å². The second kappa shape index (κ2) is 8.13. The Bertz CT molecular complexity index is 1400. The van der Waals surface area contributed by atoms with Gasteiger partial charge in [0.25, 0.3) is 21.8 Å². The van der Waals surface area contributed by atoms with Crippen LogP contribution in [0.3, 0.4) is 0 Å². The number of halogens is 2. The molecule has 0 spiro atoms. The van der Waals surface area contributed by atoms with Gasteiger partial charge in [-0.25, -0.2) is 13.3 Å². The summed E-state index contributed by atoms with van der Waals surface area (Å²) in [6.45, 7) is 6.07. The summed E-state index contributed by atoms with van der Waals surface area (Å²) in [5.74, 6) is -1.43. The highest BCUT2D eigenvalue weighted by molar-refractivity contribution is 7.92. The molecule has 0 saturated heterocycles. The number of anilines is 2. The number of carbonyl (C=O) groups excluding carboxylic acids is 2. The van der Waals surface area contributed by atoms with E-state index in [2.05, 4.69) is 9.71 Å². The molecule has 0 fully saturated rings. The van der Waals surface area contributed by atoms with E-state index in [0.717, 1.165) is 10.5 Å². The van der Waals surface area contributed by atoms with Gasteiger partial charge in [-0.1, -0.05) is 56.1 Å². The molecule has 4 rings (SSSR count). The molecule has 2 aromatic carbocycles. The molecule has 0 radical (unpaired) electrons. The van der Waals surface area contributed by atoms with Crippen LogP contribution >= 0.6 is 23.2 Å². The fraction of sp³-hybridized carbons (Fsp3) is 0.174. The zero-order valence-electron chi connectivity index (χ0n) is 17.9. The topological polar surface area (TPSA) is 96.4 Å². The minimum Gasteiger partial charge on any atom is -0.279 e. The van der Waals surface area contributed by atoms with E-state index in [1.807, 2.05) is 20.8 Å². The Hall–Kier alpha value is -2.94. The molecule has 1 N–H and O–H groups in total. The number of hydrogen-bond acceptors (Lipinski definition) is 5. The average molecular weight is 504 g/mol. The van der Waals surface area contributed by atoms with Gasteiger partial charge in [-0.05, 0) is 41.3 Å². The van der Waals surface area contributed by atoms with Crippen LogP contribution in [0.2, 0.25) is 10.0 Å². The van der Waals surface area contributed by atoms with Crippen LogP contribution in [-0.2, 0) is 15.4 Å². The summed E-state index contributed by atoms with van der Waals surface area (Å²) in [4.78, 5) is 31.0. The fourth-order valence-electron chi connectivity index (χ4n) is 3.50. The first-order valence-electron chi connectivity index (χ1n) is 9.85. The molecular formula is C23H19Cl2N3O4S. The summed E-state index contributed by atoms with van der Waals surface area (Å²) in [5.41, 5.74) is 0.701. The van der Waals surface area contributed by atoms with Crippen molar-refractivity contribution in [3.63, 3.8) is 0 Å². The zero-order valence-corrected chi connectivity index (χ0v) is 20.2. The van der Waals surface area contributed by atoms with Crippen LogP contribution in [0.5, 0.6) is 0 Å². The molecule has 170 valence electrons. The number of sulfonamides is 1. The van der Waals surface area contributed by atoms with Gasteiger partial charge in [-0.15, -0.1) is 0 Å². The SMILES string of the molecule is CC(C)(C)c1ccc(S(=O)(=O)Nc2ccc(Cl)c3c2C(=O)N(c2cncc(Cl)c2)C3=O)cc1. The Morgan fingerprint density at radius 2 is 1.55 bits per heavy atom. The predicted molar refractivity (Wildman–Crippen MR) is 128 cm³/mol. The van der Waals surface area contributed by atoms with E-state index in [-0.39, 0.29) is 42.9 Å². The number of fused-ring (bicyclic) bond motifs is 1. The summed E-state index contributed by atoms with van der Waals surface area (Å²) in [5, 5.41) is 0.257. The van der Waals surface area contributed by atoms with Crippen molar-refractivity contribution in [3.05, 3.63) is 81.6 Å². The van der Waals surface area contributed by atoms with Gasteiger partial charge in [0, 0.05) is 6.20 Å². The number of pyridine rings is 1. The number of carbonyl (C=O) groups is 2. The first-order chi connectivity index (χ1) is 15.4. The van der Waals surface area contributed by atoms with Crippen LogP contribution in [0, 0.1) is 0 Å². The van der Waals surface area contributed by atoms with Crippen LogP contribution in [0.4, 0.5) is 11.4 Å². The molecule has 3 aromatic rings. The lowest BCUT2D eigenvalue weighted by Crippen LogP contribution is -2.29. The van der Waals surface area contributed by atoms with E-state index in [1.54, 1.807) is 12.1 Å². The number of aromatic nitrogens is 1. The Balaban J connectivity index is 1.74. The van der Waals surface area contributed by atoms with Gasteiger partial charge in [0.15, 0.2) is 0 Å². The summed E-state index contributed by atoms with van der Waals surface area (Å²) < 4.78 is 28.5. The minimum absolute atomic E-state index is 0.0202. The summed E-state index contributed by atoms with van der Waals surface area (Å²) in [6.07, 6.45) is 2.67. The maximum absolute atomic E-state index is 13.2. The van der Waals surface area contributed by atoms with E-state index in [0.29, 0.717) is 0 Å². The van der Waals surface area contributed by atoms with Crippen LogP contribution in [0.15, 0.2) is 59.8 Å². The van der Waals surface area contributed by atoms with E-state index >= 15 is 0 Å². The molecule has 0 saturated carbocycles. The number of amides is 2. The van der Waals surface area contributed by atoms with E-state index in [9.17, 15) is 18.0 Å². The summed E-state index contributed by atoms with van der Waals surface area (Å²) in [7, 11) is -4.05. The number of nitrogens with zero attached hydrogens (tertiary/aromatic N) is 2. The highest BCUT2D eigenvalue weighted by atomic mass is 35.5. The molecule has 10 heteroatoms. The van der Waals surface area contributed by atoms with Gasteiger partial charge in [-0.2, -0.15) is 0 Å². The highest BCUT2D eigenvalue weighted by Crippen LogP contribution is 2.38. The average Bonchev–Trinajstić information content (AvgIpc) is 3.01. The number of rotatable bonds is 4. The molecule has 0 unspecified atom stereocenters. The van der Waals surface area contributed by atoms with Gasteiger partial charge in [0.2, 0.25) is 0 Å². The van der Waals surface area contributed by atoms with Gasteiger partial charge in [0.05, 0.1) is 43.6 Å². The van der Waals surface area contributed by atoms with Crippen molar-refractivity contribution < 1.29 is 18.0 Å². The van der Waals surface area contributed by atoms with Crippen LogP contribution < -0.4 is 9.62 Å². The van der Waals surface area contributed by atoms with Crippen molar-refractivity contribution in [1.29, 1.82) is 0 Å². The fourth-order valence-corrected chi connectivity index (χ4v) is 4.98. The number of hydrogen-bond donors (Lipinski definition) is 1. The molecule has 2 amide bonds. The monoisotopic (exact) mass is 503 g/mol. The van der Waals surface area contributed by atoms with Gasteiger partial charge in [0.1, 0.15) is 0 Å². The Morgan fingerprint density at radius 3 is 2.15 bits per heavy atom.